The number of likely N-dealkylation sites (tertiary alicyclic amines) is 2. The highest BCUT2D eigenvalue weighted by Gasteiger charge is 2.50. The van der Waals surface area contributed by atoms with Gasteiger partial charge in [-0.05, 0) is 32.0 Å². The van der Waals surface area contributed by atoms with Crippen molar-refractivity contribution >= 4 is 11.9 Å². The van der Waals surface area contributed by atoms with Gasteiger partial charge in [0, 0.05) is 31.0 Å². The molecule has 1 aromatic carbocycles. The molecular formula is C19H25F3N2O3. The van der Waals surface area contributed by atoms with Gasteiger partial charge in [0.15, 0.2) is 0 Å². The number of benzene rings is 1. The van der Waals surface area contributed by atoms with Crippen LogP contribution in [0, 0.1) is 0 Å². The lowest BCUT2D eigenvalue weighted by molar-refractivity contribution is -0.192. The van der Waals surface area contributed by atoms with E-state index >= 15 is 0 Å². The third-order valence-corrected chi connectivity index (χ3v) is 5.55. The van der Waals surface area contributed by atoms with Crippen molar-refractivity contribution in [2.24, 2.45) is 0 Å². The number of fused-ring (bicyclic) bond motifs is 1. The van der Waals surface area contributed by atoms with Crippen molar-refractivity contribution in [3.8, 4) is 0 Å². The predicted molar refractivity (Wildman–Crippen MR) is 94.3 cm³/mol. The fourth-order valence-corrected chi connectivity index (χ4v) is 4.06. The third-order valence-electron chi connectivity index (χ3n) is 5.55. The quantitative estimate of drug-likeness (QED) is 0.849. The zero-order valence-corrected chi connectivity index (χ0v) is 15.5. The summed E-state index contributed by atoms with van der Waals surface area (Å²) in [4.78, 5) is 25.4. The van der Waals surface area contributed by atoms with Crippen molar-refractivity contribution in [2.45, 2.75) is 43.8 Å². The van der Waals surface area contributed by atoms with Crippen LogP contribution in [0.4, 0.5) is 13.2 Å². The smallest absolute Gasteiger partial charge is 0.475 e. The Labute approximate surface area is 156 Å². The monoisotopic (exact) mass is 386 g/mol. The van der Waals surface area contributed by atoms with Gasteiger partial charge in [-0.2, -0.15) is 13.2 Å². The Hall–Kier alpha value is -2.09. The summed E-state index contributed by atoms with van der Waals surface area (Å²) in [7, 11) is 2.20. The molecule has 0 bridgehead atoms. The standard InChI is InChI=1S/C17H24N2O.C2HF3O2/c1-3-16(20)19-12-10-17(14-7-5-4-6-8-14)9-11-18(2)15(17)13-19;3-2(4,5)1(6)7/h4-8,15H,3,9-13H2,1-2H3;(H,6,7). The van der Waals surface area contributed by atoms with Gasteiger partial charge in [0.25, 0.3) is 0 Å². The summed E-state index contributed by atoms with van der Waals surface area (Å²) in [6.45, 7) is 4.89. The van der Waals surface area contributed by atoms with E-state index in [1.807, 2.05) is 6.92 Å². The van der Waals surface area contributed by atoms with Crippen molar-refractivity contribution in [3.63, 3.8) is 0 Å². The number of piperidine rings is 1. The second-order valence-electron chi connectivity index (χ2n) is 7.01. The Balaban J connectivity index is 0.000000321. The Morgan fingerprint density at radius 2 is 1.74 bits per heavy atom. The van der Waals surface area contributed by atoms with Crippen LogP contribution in [0.2, 0.25) is 0 Å². The number of halogens is 3. The molecular weight excluding hydrogens is 361 g/mol. The zero-order valence-electron chi connectivity index (χ0n) is 15.5. The molecule has 1 amide bonds. The number of hydrogen-bond acceptors (Lipinski definition) is 3. The molecule has 0 aromatic heterocycles. The van der Waals surface area contributed by atoms with E-state index in [9.17, 15) is 18.0 Å². The number of alkyl halides is 3. The highest BCUT2D eigenvalue weighted by Crippen LogP contribution is 2.45. The van der Waals surface area contributed by atoms with E-state index in [0.717, 1.165) is 26.1 Å². The summed E-state index contributed by atoms with van der Waals surface area (Å²) >= 11 is 0. The third kappa shape index (κ3) is 4.61. The molecule has 2 saturated heterocycles. The summed E-state index contributed by atoms with van der Waals surface area (Å²) in [5, 5.41) is 7.12. The molecule has 8 heteroatoms. The first-order valence-electron chi connectivity index (χ1n) is 8.95. The van der Waals surface area contributed by atoms with Crippen LogP contribution in [0.25, 0.3) is 0 Å². The maximum absolute atomic E-state index is 12.0. The first kappa shape index (κ1) is 21.2. The molecule has 2 fully saturated rings. The largest absolute Gasteiger partial charge is 0.490 e. The molecule has 2 heterocycles. The molecule has 1 aromatic rings. The van der Waals surface area contributed by atoms with Crippen molar-refractivity contribution in [2.75, 3.05) is 26.7 Å². The second kappa shape index (κ2) is 8.29. The average Bonchev–Trinajstić information content (AvgIpc) is 2.99. The fourth-order valence-electron chi connectivity index (χ4n) is 4.06. The summed E-state index contributed by atoms with van der Waals surface area (Å²) in [6.07, 6.45) is -2.15. The Kier molecular flexibility index (Phi) is 6.51. The van der Waals surface area contributed by atoms with Gasteiger partial charge in [-0.3, -0.25) is 4.79 Å². The highest BCUT2D eigenvalue weighted by atomic mass is 19.4. The Morgan fingerprint density at radius 1 is 1.19 bits per heavy atom. The van der Waals surface area contributed by atoms with Crippen LogP contribution in [-0.4, -0.2) is 65.7 Å². The van der Waals surface area contributed by atoms with Gasteiger partial charge in [0.1, 0.15) is 0 Å². The molecule has 2 aliphatic heterocycles. The lowest BCUT2D eigenvalue weighted by Gasteiger charge is -2.46. The van der Waals surface area contributed by atoms with Crippen LogP contribution in [0.1, 0.15) is 31.7 Å². The van der Waals surface area contributed by atoms with Crippen LogP contribution >= 0.6 is 0 Å². The van der Waals surface area contributed by atoms with Crippen molar-refractivity contribution in [1.29, 1.82) is 0 Å². The molecule has 27 heavy (non-hydrogen) atoms. The summed E-state index contributed by atoms with van der Waals surface area (Å²) in [6, 6.07) is 11.4. The van der Waals surface area contributed by atoms with E-state index < -0.39 is 12.1 Å². The van der Waals surface area contributed by atoms with Crippen LogP contribution in [-0.2, 0) is 15.0 Å². The molecule has 0 spiro atoms. The minimum Gasteiger partial charge on any atom is -0.475 e. The van der Waals surface area contributed by atoms with Crippen molar-refractivity contribution < 1.29 is 27.9 Å². The molecule has 5 nitrogen and oxygen atoms in total. The number of hydrogen-bond donors (Lipinski definition) is 1. The molecule has 2 aliphatic rings. The molecule has 0 radical (unpaired) electrons. The van der Waals surface area contributed by atoms with E-state index in [1.54, 1.807) is 0 Å². The molecule has 3 rings (SSSR count). The van der Waals surface area contributed by atoms with Gasteiger partial charge in [-0.1, -0.05) is 37.3 Å². The summed E-state index contributed by atoms with van der Waals surface area (Å²) in [5.74, 6) is -2.46. The minimum absolute atomic E-state index is 0.251. The number of carbonyl (C=O) groups is 2. The van der Waals surface area contributed by atoms with Crippen molar-refractivity contribution in [3.05, 3.63) is 35.9 Å². The van der Waals surface area contributed by atoms with Gasteiger partial charge in [-0.25, -0.2) is 4.79 Å². The minimum atomic E-state index is -5.08. The van der Waals surface area contributed by atoms with Crippen LogP contribution < -0.4 is 0 Å². The maximum Gasteiger partial charge on any atom is 0.490 e. The fraction of sp³-hybridized carbons (Fsp3) is 0.579. The molecule has 150 valence electrons. The number of amides is 1. The number of carbonyl (C=O) groups excluding carboxylic acids is 1. The van der Waals surface area contributed by atoms with Gasteiger partial charge in [-0.15, -0.1) is 0 Å². The van der Waals surface area contributed by atoms with E-state index in [2.05, 4.69) is 47.2 Å². The van der Waals surface area contributed by atoms with Crippen LogP contribution in [0.3, 0.4) is 0 Å². The number of carboxylic acids is 1. The lowest BCUT2D eigenvalue weighted by atomic mass is 9.69. The highest BCUT2D eigenvalue weighted by molar-refractivity contribution is 5.76. The number of nitrogens with zero attached hydrogens (tertiary/aromatic N) is 2. The summed E-state index contributed by atoms with van der Waals surface area (Å²) in [5.41, 5.74) is 1.71. The number of rotatable bonds is 2. The molecule has 0 aliphatic carbocycles. The topological polar surface area (TPSA) is 60.9 Å². The number of aliphatic carboxylic acids is 1. The van der Waals surface area contributed by atoms with E-state index in [4.69, 9.17) is 9.90 Å². The molecule has 2 atom stereocenters. The molecule has 2 unspecified atom stereocenters. The van der Waals surface area contributed by atoms with Crippen LogP contribution in [0.15, 0.2) is 30.3 Å². The second-order valence-corrected chi connectivity index (χ2v) is 7.01. The Morgan fingerprint density at radius 3 is 2.26 bits per heavy atom. The maximum atomic E-state index is 12.0. The first-order chi connectivity index (χ1) is 12.6. The van der Waals surface area contributed by atoms with E-state index in [-0.39, 0.29) is 5.41 Å². The summed E-state index contributed by atoms with van der Waals surface area (Å²) < 4.78 is 31.7. The van der Waals surface area contributed by atoms with E-state index in [1.165, 1.54) is 12.0 Å². The molecule has 1 N–H and O–H groups in total. The molecule has 0 saturated carbocycles. The van der Waals surface area contributed by atoms with Gasteiger partial charge >= 0.3 is 12.1 Å². The normalized spacial score (nSPS) is 25.4. The van der Waals surface area contributed by atoms with Gasteiger partial charge < -0.3 is 14.9 Å². The van der Waals surface area contributed by atoms with Crippen molar-refractivity contribution in [1.82, 2.24) is 9.80 Å². The average molecular weight is 386 g/mol. The predicted octanol–water partition coefficient (Wildman–Crippen LogP) is 2.90. The van der Waals surface area contributed by atoms with E-state index in [0.29, 0.717) is 18.4 Å². The number of carboxylic acid groups (broad SMARTS) is 1. The van der Waals surface area contributed by atoms with Crippen LogP contribution in [0.5, 0.6) is 0 Å². The zero-order chi connectivity index (χ0) is 20.2. The SMILES string of the molecule is CCC(=O)N1CCC2(c3ccccc3)CCN(C)C2C1.O=C(O)C(F)(F)F. The number of likely N-dealkylation sites (N-methyl/N-ethyl adjacent to an activating group) is 1. The van der Waals surface area contributed by atoms with Gasteiger partial charge in [0.05, 0.1) is 0 Å². The lowest BCUT2D eigenvalue weighted by Crippen LogP contribution is -2.56. The first-order valence-corrected chi connectivity index (χ1v) is 8.95. The Bertz CT molecular complexity index is 666. The van der Waals surface area contributed by atoms with Gasteiger partial charge in [0.2, 0.25) is 5.91 Å².